The highest BCUT2D eigenvalue weighted by Gasteiger charge is 2.34. The first-order chi connectivity index (χ1) is 6.90. The Bertz CT molecular complexity index is 164. The largest absolute Gasteiger partial charge is 0.313 e. The molecule has 0 aromatic heterocycles. The van der Waals surface area contributed by atoms with Crippen LogP contribution in [0.5, 0.6) is 0 Å². The molecule has 0 heterocycles. The van der Waals surface area contributed by atoms with Gasteiger partial charge in [0.1, 0.15) is 0 Å². The lowest BCUT2D eigenvalue weighted by molar-refractivity contribution is 0.502. The molecule has 0 radical (unpaired) electrons. The summed E-state index contributed by atoms with van der Waals surface area (Å²) >= 11 is 0. The zero-order chi connectivity index (χ0) is 9.80. The molecule has 0 spiro atoms. The van der Waals surface area contributed by atoms with Crippen LogP contribution in [0.3, 0.4) is 0 Å². The van der Waals surface area contributed by atoms with Gasteiger partial charge in [-0.15, -0.1) is 0 Å². The van der Waals surface area contributed by atoms with Gasteiger partial charge in [0, 0.05) is 25.2 Å². The Kier molecular flexibility index (Phi) is 3.82. The molecule has 0 amide bonds. The van der Waals surface area contributed by atoms with Crippen molar-refractivity contribution >= 4 is 0 Å². The number of nitrogens with one attached hydrogen (secondary N) is 2. The SMILES string of the molecule is CCC1CC1NCCNC1CCCC1. The smallest absolute Gasteiger partial charge is 0.00995 e. The monoisotopic (exact) mass is 196 g/mol. The van der Waals surface area contributed by atoms with Gasteiger partial charge >= 0.3 is 0 Å². The molecule has 0 aromatic carbocycles. The van der Waals surface area contributed by atoms with Crippen LogP contribution in [-0.4, -0.2) is 25.2 Å². The Balaban J connectivity index is 1.44. The summed E-state index contributed by atoms with van der Waals surface area (Å²) in [7, 11) is 0. The highest BCUT2D eigenvalue weighted by Crippen LogP contribution is 2.32. The molecular formula is C12H24N2. The molecule has 2 atom stereocenters. The van der Waals surface area contributed by atoms with Crippen LogP contribution in [0.4, 0.5) is 0 Å². The van der Waals surface area contributed by atoms with E-state index in [0.717, 1.165) is 31.1 Å². The molecule has 0 bridgehead atoms. The van der Waals surface area contributed by atoms with E-state index in [4.69, 9.17) is 0 Å². The number of hydrogen-bond donors (Lipinski definition) is 2. The van der Waals surface area contributed by atoms with Gasteiger partial charge in [0.05, 0.1) is 0 Å². The molecule has 2 heteroatoms. The lowest BCUT2D eigenvalue weighted by atomic mass is 10.2. The fraction of sp³-hybridized carbons (Fsp3) is 1.00. The average Bonchev–Trinajstić information content (AvgIpc) is 2.77. The van der Waals surface area contributed by atoms with Crippen molar-refractivity contribution in [3.63, 3.8) is 0 Å². The molecule has 14 heavy (non-hydrogen) atoms. The van der Waals surface area contributed by atoms with Crippen LogP contribution in [0.25, 0.3) is 0 Å². The standard InChI is InChI=1S/C12H24N2/c1-2-10-9-12(10)14-8-7-13-11-5-3-4-6-11/h10-14H,2-9H2,1H3. The normalized spacial score (nSPS) is 32.4. The van der Waals surface area contributed by atoms with Crippen molar-refractivity contribution in [3.8, 4) is 0 Å². The molecule has 2 N–H and O–H groups in total. The molecule has 82 valence electrons. The van der Waals surface area contributed by atoms with Gasteiger partial charge in [-0.25, -0.2) is 0 Å². The molecule has 2 saturated carbocycles. The summed E-state index contributed by atoms with van der Waals surface area (Å²) in [5.41, 5.74) is 0. The van der Waals surface area contributed by atoms with Gasteiger partial charge in [0.25, 0.3) is 0 Å². The zero-order valence-electron chi connectivity index (χ0n) is 9.39. The van der Waals surface area contributed by atoms with Crippen LogP contribution in [0.1, 0.15) is 45.4 Å². The van der Waals surface area contributed by atoms with Gasteiger partial charge in [-0.2, -0.15) is 0 Å². The molecule has 2 unspecified atom stereocenters. The highest BCUT2D eigenvalue weighted by atomic mass is 15.0. The van der Waals surface area contributed by atoms with E-state index in [1.165, 1.54) is 38.5 Å². The summed E-state index contributed by atoms with van der Waals surface area (Å²) in [6, 6.07) is 1.68. The molecule has 2 aliphatic carbocycles. The minimum atomic E-state index is 0.831. The average molecular weight is 196 g/mol. The minimum Gasteiger partial charge on any atom is -0.313 e. The topological polar surface area (TPSA) is 24.1 Å². The fourth-order valence-electron chi connectivity index (χ4n) is 2.61. The summed E-state index contributed by atoms with van der Waals surface area (Å²) in [5, 5.41) is 7.25. The first kappa shape index (κ1) is 10.4. The molecule has 2 nitrogen and oxygen atoms in total. The van der Waals surface area contributed by atoms with E-state index in [-0.39, 0.29) is 0 Å². The quantitative estimate of drug-likeness (QED) is 0.634. The van der Waals surface area contributed by atoms with Crippen molar-refractivity contribution in [2.45, 2.75) is 57.5 Å². The van der Waals surface area contributed by atoms with Crippen molar-refractivity contribution in [1.29, 1.82) is 0 Å². The van der Waals surface area contributed by atoms with Crippen LogP contribution in [0, 0.1) is 5.92 Å². The van der Waals surface area contributed by atoms with Crippen LogP contribution in [-0.2, 0) is 0 Å². The maximum atomic E-state index is 3.64. The lowest BCUT2D eigenvalue weighted by Crippen LogP contribution is -2.34. The lowest BCUT2D eigenvalue weighted by Gasteiger charge is -2.11. The number of hydrogen-bond acceptors (Lipinski definition) is 2. The molecule has 2 rings (SSSR count). The Labute approximate surface area is 87.8 Å². The van der Waals surface area contributed by atoms with Gasteiger partial charge in [0.2, 0.25) is 0 Å². The maximum absolute atomic E-state index is 3.64. The van der Waals surface area contributed by atoms with E-state index in [9.17, 15) is 0 Å². The molecule has 2 fully saturated rings. The van der Waals surface area contributed by atoms with Gasteiger partial charge in [-0.3, -0.25) is 0 Å². The molecule has 0 saturated heterocycles. The summed E-state index contributed by atoms with van der Waals surface area (Å²) in [5.74, 6) is 0.987. The molecular weight excluding hydrogens is 172 g/mol. The van der Waals surface area contributed by atoms with E-state index in [1.807, 2.05) is 0 Å². The third-order valence-electron chi connectivity index (χ3n) is 3.77. The second kappa shape index (κ2) is 5.13. The van der Waals surface area contributed by atoms with Crippen molar-refractivity contribution < 1.29 is 0 Å². The fourth-order valence-corrected chi connectivity index (χ4v) is 2.61. The Morgan fingerprint density at radius 2 is 1.79 bits per heavy atom. The first-order valence-electron chi connectivity index (χ1n) is 6.37. The van der Waals surface area contributed by atoms with E-state index >= 15 is 0 Å². The summed E-state index contributed by atoms with van der Waals surface area (Å²) < 4.78 is 0. The van der Waals surface area contributed by atoms with Crippen LogP contribution in [0.15, 0.2) is 0 Å². The second-order valence-corrected chi connectivity index (χ2v) is 4.90. The predicted molar refractivity (Wildman–Crippen MR) is 60.4 cm³/mol. The van der Waals surface area contributed by atoms with E-state index in [1.54, 1.807) is 0 Å². The number of rotatable bonds is 6. The van der Waals surface area contributed by atoms with Crippen molar-refractivity contribution in [2.75, 3.05) is 13.1 Å². The van der Waals surface area contributed by atoms with E-state index in [0.29, 0.717) is 0 Å². The first-order valence-corrected chi connectivity index (χ1v) is 6.37. The highest BCUT2D eigenvalue weighted by molar-refractivity contribution is 4.91. The minimum absolute atomic E-state index is 0.831. The Morgan fingerprint density at radius 1 is 1.07 bits per heavy atom. The van der Waals surface area contributed by atoms with Crippen LogP contribution >= 0.6 is 0 Å². The van der Waals surface area contributed by atoms with Gasteiger partial charge in [0.15, 0.2) is 0 Å². The van der Waals surface area contributed by atoms with Crippen molar-refractivity contribution in [3.05, 3.63) is 0 Å². The predicted octanol–water partition coefficient (Wildman–Crippen LogP) is 1.91. The molecule has 2 aliphatic rings. The maximum Gasteiger partial charge on any atom is 0.00995 e. The Hall–Kier alpha value is -0.0800. The Morgan fingerprint density at radius 3 is 2.43 bits per heavy atom. The summed E-state index contributed by atoms with van der Waals surface area (Å²) in [4.78, 5) is 0. The van der Waals surface area contributed by atoms with Gasteiger partial charge in [-0.05, 0) is 25.2 Å². The van der Waals surface area contributed by atoms with Gasteiger partial charge < -0.3 is 10.6 Å². The van der Waals surface area contributed by atoms with Crippen LogP contribution < -0.4 is 10.6 Å². The summed E-state index contributed by atoms with van der Waals surface area (Å²) in [6.07, 6.45) is 8.45. The third kappa shape index (κ3) is 2.96. The van der Waals surface area contributed by atoms with E-state index in [2.05, 4.69) is 17.6 Å². The van der Waals surface area contributed by atoms with Gasteiger partial charge in [-0.1, -0.05) is 26.2 Å². The molecule has 0 aliphatic heterocycles. The zero-order valence-corrected chi connectivity index (χ0v) is 9.39. The van der Waals surface area contributed by atoms with Crippen molar-refractivity contribution in [1.82, 2.24) is 10.6 Å². The van der Waals surface area contributed by atoms with E-state index < -0.39 is 0 Å². The summed E-state index contributed by atoms with van der Waals surface area (Å²) in [6.45, 7) is 4.62. The van der Waals surface area contributed by atoms with Crippen molar-refractivity contribution in [2.24, 2.45) is 5.92 Å². The second-order valence-electron chi connectivity index (χ2n) is 4.90. The van der Waals surface area contributed by atoms with Crippen LogP contribution in [0.2, 0.25) is 0 Å². The molecule has 0 aromatic rings. The third-order valence-corrected chi connectivity index (χ3v) is 3.77.